The standard InChI is InChI=1S/C41H74O2S2/c1-4-7-10-13-15-17-19-21-24-27-30-44-35-38-32-37(34-40(42)29-26-23-12-9-6-3)33-39(41(38)43)36-45-31-28-25-22-20-18-16-14-11-8-5-2/h32-33,43H,4-31,34-36H2,1-3H3. The Balaban J connectivity index is 2.47. The Morgan fingerprint density at radius 3 is 1.22 bits per heavy atom. The first kappa shape index (κ1) is 42.4. The first-order valence-corrected chi connectivity index (χ1v) is 21.9. The van der Waals surface area contributed by atoms with Crippen LogP contribution in [0.15, 0.2) is 12.1 Å². The van der Waals surface area contributed by atoms with Crippen LogP contribution >= 0.6 is 23.5 Å². The van der Waals surface area contributed by atoms with E-state index in [2.05, 4.69) is 32.9 Å². The number of ketones is 1. The molecule has 0 radical (unpaired) electrons. The molecule has 0 saturated carbocycles. The molecule has 1 aromatic carbocycles. The van der Waals surface area contributed by atoms with Gasteiger partial charge in [0.1, 0.15) is 11.5 Å². The zero-order valence-electron chi connectivity index (χ0n) is 30.2. The van der Waals surface area contributed by atoms with E-state index < -0.39 is 0 Å². The fourth-order valence-corrected chi connectivity index (χ4v) is 8.13. The molecule has 0 fully saturated rings. The molecule has 45 heavy (non-hydrogen) atoms. The van der Waals surface area contributed by atoms with Crippen molar-refractivity contribution in [2.24, 2.45) is 0 Å². The van der Waals surface area contributed by atoms with Gasteiger partial charge in [0.2, 0.25) is 0 Å². The van der Waals surface area contributed by atoms with Crippen molar-refractivity contribution in [1.82, 2.24) is 0 Å². The van der Waals surface area contributed by atoms with Crippen molar-refractivity contribution < 1.29 is 9.90 Å². The summed E-state index contributed by atoms with van der Waals surface area (Å²) < 4.78 is 0. The second kappa shape index (κ2) is 32.0. The second-order valence-corrected chi connectivity index (χ2v) is 15.8. The van der Waals surface area contributed by atoms with Crippen LogP contribution in [0.25, 0.3) is 0 Å². The Hall–Kier alpha value is -0.610. The van der Waals surface area contributed by atoms with E-state index in [9.17, 15) is 9.90 Å². The maximum absolute atomic E-state index is 12.8. The Morgan fingerprint density at radius 1 is 0.511 bits per heavy atom. The number of carbonyl (C=O) groups is 1. The third kappa shape index (κ3) is 25.1. The SMILES string of the molecule is CCCCCCCCCCCCSCc1cc(CC(=O)CCCCCCC)cc(CSCCCCCCCCCCCC)c1O. The lowest BCUT2D eigenvalue weighted by molar-refractivity contribution is -0.118. The van der Waals surface area contributed by atoms with E-state index in [0.29, 0.717) is 24.4 Å². The van der Waals surface area contributed by atoms with Gasteiger partial charge in [0.05, 0.1) is 0 Å². The van der Waals surface area contributed by atoms with Gasteiger partial charge >= 0.3 is 0 Å². The van der Waals surface area contributed by atoms with Crippen molar-refractivity contribution in [2.45, 2.75) is 206 Å². The van der Waals surface area contributed by atoms with Crippen LogP contribution < -0.4 is 0 Å². The largest absolute Gasteiger partial charge is 0.507 e. The zero-order valence-corrected chi connectivity index (χ0v) is 31.9. The second-order valence-electron chi connectivity index (χ2n) is 13.6. The highest BCUT2D eigenvalue weighted by Gasteiger charge is 2.13. The topological polar surface area (TPSA) is 37.3 Å². The van der Waals surface area contributed by atoms with E-state index >= 15 is 0 Å². The first-order chi connectivity index (χ1) is 22.1. The molecule has 0 aliphatic heterocycles. The van der Waals surface area contributed by atoms with Crippen LogP contribution in [-0.2, 0) is 22.7 Å². The average Bonchev–Trinajstić information content (AvgIpc) is 3.03. The number of hydrogen-bond acceptors (Lipinski definition) is 4. The van der Waals surface area contributed by atoms with Crippen molar-refractivity contribution >= 4 is 29.3 Å². The summed E-state index contributed by atoms with van der Waals surface area (Å²) in [5, 5.41) is 11.2. The molecule has 2 nitrogen and oxygen atoms in total. The molecule has 262 valence electrons. The van der Waals surface area contributed by atoms with Gasteiger partial charge in [-0.05, 0) is 36.3 Å². The lowest BCUT2D eigenvalue weighted by atomic mass is 9.99. The van der Waals surface area contributed by atoms with Crippen LogP contribution in [-0.4, -0.2) is 22.4 Å². The molecule has 0 unspecified atom stereocenters. The number of thioether (sulfide) groups is 2. The summed E-state index contributed by atoms with van der Waals surface area (Å²) in [5.41, 5.74) is 3.18. The smallest absolute Gasteiger partial charge is 0.137 e. The predicted octanol–water partition coefficient (Wildman–Crippen LogP) is 14.2. The predicted molar refractivity (Wildman–Crippen MR) is 206 cm³/mol. The summed E-state index contributed by atoms with van der Waals surface area (Å²) in [5.74, 6) is 4.83. The number of benzene rings is 1. The molecule has 0 aromatic heterocycles. The molecule has 0 aliphatic carbocycles. The summed E-state index contributed by atoms with van der Waals surface area (Å²) in [7, 11) is 0. The summed E-state index contributed by atoms with van der Waals surface area (Å²) in [6.45, 7) is 6.80. The van der Waals surface area contributed by atoms with E-state index in [1.165, 1.54) is 148 Å². The maximum atomic E-state index is 12.8. The van der Waals surface area contributed by atoms with Crippen molar-refractivity contribution in [3.63, 3.8) is 0 Å². The van der Waals surface area contributed by atoms with Crippen LogP contribution in [0.1, 0.15) is 204 Å². The van der Waals surface area contributed by atoms with Gasteiger partial charge in [-0.3, -0.25) is 4.79 Å². The van der Waals surface area contributed by atoms with E-state index in [4.69, 9.17) is 0 Å². The Morgan fingerprint density at radius 2 is 0.844 bits per heavy atom. The van der Waals surface area contributed by atoms with E-state index in [0.717, 1.165) is 52.5 Å². The minimum Gasteiger partial charge on any atom is -0.507 e. The van der Waals surface area contributed by atoms with Crippen molar-refractivity contribution in [2.75, 3.05) is 11.5 Å². The molecule has 0 spiro atoms. The van der Waals surface area contributed by atoms with E-state index in [1.54, 1.807) is 0 Å². The number of aromatic hydroxyl groups is 1. The maximum Gasteiger partial charge on any atom is 0.137 e. The number of unbranched alkanes of at least 4 members (excludes halogenated alkanes) is 22. The van der Waals surface area contributed by atoms with Crippen LogP contribution in [0, 0.1) is 0 Å². The van der Waals surface area contributed by atoms with Crippen molar-refractivity contribution in [3.05, 3.63) is 28.8 Å². The number of carbonyl (C=O) groups excluding carboxylic acids is 1. The zero-order chi connectivity index (χ0) is 32.6. The van der Waals surface area contributed by atoms with Gasteiger partial charge in [-0.2, -0.15) is 23.5 Å². The lowest BCUT2D eigenvalue weighted by Gasteiger charge is -2.13. The molecule has 0 aliphatic rings. The Kier molecular flexibility index (Phi) is 30.1. The minimum atomic E-state index is 0.352. The molecule has 1 rings (SSSR count). The van der Waals surface area contributed by atoms with Crippen LogP contribution in [0.4, 0.5) is 0 Å². The summed E-state index contributed by atoms with van der Waals surface area (Å²) in [4.78, 5) is 12.8. The Bertz CT molecular complexity index is 760. The Labute approximate surface area is 289 Å². The van der Waals surface area contributed by atoms with Gasteiger partial charge in [-0.1, -0.05) is 174 Å². The normalized spacial score (nSPS) is 11.4. The fourth-order valence-electron chi connectivity index (χ4n) is 6.14. The first-order valence-electron chi connectivity index (χ1n) is 19.6. The van der Waals surface area contributed by atoms with Crippen LogP contribution in [0.3, 0.4) is 0 Å². The number of Topliss-reactive ketones (excluding diaryl/α,β-unsaturated/α-hetero) is 1. The lowest BCUT2D eigenvalue weighted by Crippen LogP contribution is -2.04. The molecular weight excluding hydrogens is 589 g/mol. The molecular formula is C41H74O2S2. The van der Waals surface area contributed by atoms with Crippen LogP contribution in [0.5, 0.6) is 5.75 Å². The highest BCUT2D eigenvalue weighted by molar-refractivity contribution is 7.98. The molecule has 0 atom stereocenters. The molecule has 1 aromatic rings. The van der Waals surface area contributed by atoms with Gasteiger partial charge in [0.25, 0.3) is 0 Å². The summed E-state index contributed by atoms with van der Waals surface area (Å²) >= 11 is 3.90. The number of phenols is 1. The van der Waals surface area contributed by atoms with Crippen molar-refractivity contribution in [3.8, 4) is 5.75 Å². The number of phenolic OH excluding ortho intramolecular Hbond substituents is 1. The molecule has 4 heteroatoms. The van der Waals surface area contributed by atoms with Gasteiger partial charge < -0.3 is 5.11 Å². The average molecular weight is 663 g/mol. The van der Waals surface area contributed by atoms with E-state index in [-0.39, 0.29) is 0 Å². The minimum absolute atomic E-state index is 0.352. The van der Waals surface area contributed by atoms with Crippen molar-refractivity contribution in [1.29, 1.82) is 0 Å². The summed E-state index contributed by atoms with van der Waals surface area (Å²) in [6, 6.07) is 4.26. The van der Waals surface area contributed by atoms with Gasteiger partial charge in [0, 0.05) is 35.5 Å². The van der Waals surface area contributed by atoms with Crippen LogP contribution in [0.2, 0.25) is 0 Å². The fraction of sp³-hybridized carbons (Fsp3) is 0.829. The molecule has 0 heterocycles. The third-order valence-corrected chi connectivity index (χ3v) is 11.3. The quantitative estimate of drug-likeness (QED) is 0.0745. The highest BCUT2D eigenvalue weighted by Crippen LogP contribution is 2.32. The molecule has 0 bridgehead atoms. The molecule has 0 amide bonds. The molecule has 0 saturated heterocycles. The monoisotopic (exact) mass is 663 g/mol. The number of rotatable bonds is 34. The van der Waals surface area contributed by atoms with Gasteiger partial charge in [-0.25, -0.2) is 0 Å². The van der Waals surface area contributed by atoms with Gasteiger partial charge in [0.15, 0.2) is 0 Å². The number of hydrogen-bond donors (Lipinski definition) is 1. The highest BCUT2D eigenvalue weighted by atomic mass is 32.2. The molecule has 1 N–H and O–H groups in total. The summed E-state index contributed by atoms with van der Waals surface area (Å²) in [6.07, 6.45) is 34.5. The van der Waals surface area contributed by atoms with Gasteiger partial charge in [-0.15, -0.1) is 0 Å². The van der Waals surface area contributed by atoms with E-state index in [1.807, 2.05) is 23.5 Å². The third-order valence-electron chi connectivity index (χ3n) is 9.09.